The topological polar surface area (TPSA) is 80.6 Å². The van der Waals surface area contributed by atoms with Gasteiger partial charge in [0.2, 0.25) is 0 Å². The third-order valence-corrected chi connectivity index (χ3v) is 3.88. The van der Waals surface area contributed by atoms with E-state index in [-0.39, 0.29) is 11.1 Å². The number of benzene rings is 2. The highest BCUT2D eigenvalue weighted by atomic mass is 16.5. The van der Waals surface area contributed by atoms with Crippen LogP contribution in [0.2, 0.25) is 0 Å². The van der Waals surface area contributed by atoms with Gasteiger partial charge < -0.3 is 4.74 Å². The van der Waals surface area contributed by atoms with Gasteiger partial charge in [0.1, 0.15) is 35.3 Å². The lowest BCUT2D eigenvalue weighted by Gasteiger charge is -2.18. The van der Waals surface area contributed by atoms with Crippen LogP contribution >= 0.6 is 0 Å². The molecule has 0 spiro atoms. The average molecular weight is 347 g/mol. The van der Waals surface area contributed by atoms with Gasteiger partial charge in [-0.1, -0.05) is 60.7 Å². The van der Waals surface area contributed by atoms with Crippen LogP contribution in [0.15, 0.2) is 95.8 Å². The Morgan fingerprint density at radius 1 is 0.741 bits per heavy atom. The first-order valence-corrected chi connectivity index (χ1v) is 8.13. The van der Waals surface area contributed by atoms with Crippen LogP contribution < -0.4 is 0 Å². The SMILES string of the molecule is N#CC(C#N)=C(C#N)C=C1C=C(c2ccccc2)C=C(c2ccccc2)O1. The summed E-state index contributed by atoms with van der Waals surface area (Å²) in [4.78, 5) is 0. The van der Waals surface area contributed by atoms with Crippen molar-refractivity contribution < 1.29 is 4.74 Å². The monoisotopic (exact) mass is 347 g/mol. The van der Waals surface area contributed by atoms with E-state index >= 15 is 0 Å². The number of nitriles is 3. The fourth-order valence-corrected chi connectivity index (χ4v) is 2.58. The van der Waals surface area contributed by atoms with E-state index in [0.717, 1.165) is 16.7 Å². The minimum atomic E-state index is -0.251. The Labute approximate surface area is 157 Å². The molecule has 0 unspecified atom stereocenters. The van der Waals surface area contributed by atoms with Gasteiger partial charge in [0.15, 0.2) is 0 Å². The highest BCUT2D eigenvalue weighted by Gasteiger charge is 2.15. The molecular weight excluding hydrogens is 334 g/mol. The summed E-state index contributed by atoms with van der Waals surface area (Å²) in [6, 6.07) is 24.7. The van der Waals surface area contributed by atoms with Gasteiger partial charge in [-0.2, -0.15) is 15.8 Å². The number of allylic oxidation sites excluding steroid dienone is 6. The Hall–Kier alpha value is -4.33. The van der Waals surface area contributed by atoms with Crippen LogP contribution in [-0.2, 0) is 4.74 Å². The summed E-state index contributed by atoms with van der Waals surface area (Å²) in [6.45, 7) is 0. The summed E-state index contributed by atoms with van der Waals surface area (Å²) in [6.07, 6.45) is 5.12. The number of nitrogens with zero attached hydrogens (tertiary/aromatic N) is 3. The maximum Gasteiger partial charge on any atom is 0.147 e. The van der Waals surface area contributed by atoms with E-state index < -0.39 is 0 Å². The second kappa shape index (κ2) is 8.17. The number of hydrogen-bond acceptors (Lipinski definition) is 4. The normalized spacial score (nSPS) is 13.9. The zero-order valence-electron chi connectivity index (χ0n) is 14.3. The van der Waals surface area contributed by atoms with Crippen LogP contribution in [0.4, 0.5) is 0 Å². The molecule has 2 aromatic rings. The molecule has 3 rings (SSSR count). The first-order valence-electron chi connectivity index (χ1n) is 8.13. The van der Waals surface area contributed by atoms with Crippen molar-refractivity contribution in [1.29, 1.82) is 15.8 Å². The number of rotatable bonds is 3. The summed E-state index contributed by atoms with van der Waals surface area (Å²) in [5.74, 6) is 1.01. The molecule has 0 saturated heterocycles. The van der Waals surface area contributed by atoms with Gasteiger partial charge in [-0.05, 0) is 23.3 Å². The third kappa shape index (κ3) is 4.02. The van der Waals surface area contributed by atoms with E-state index in [4.69, 9.17) is 15.3 Å². The Morgan fingerprint density at radius 3 is 1.89 bits per heavy atom. The molecule has 0 radical (unpaired) electrons. The predicted molar refractivity (Wildman–Crippen MR) is 102 cm³/mol. The molecule has 27 heavy (non-hydrogen) atoms. The molecule has 0 fully saturated rings. The van der Waals surface area contributed by atoms with Gasteiger partial charge in [0, 0.05) is 11.6 Å². The molecule has 2 aromatic carbocycles. The zero-order chi connectivity index (χ0) is 19.1. The second-order valence-corrected chi connectivity index (χ2v) is 5.61. The Morgan fingerprint density at radius 2 is 1.33 bits per heavy atom. The van der Waals surface area contributed by atoms with Crippen LogP contribution in [0.25, 0.3) is 11.3 Å². The summed E-state index contributed by atoms with van der Waals surface area (Å²) in [5.41, 5.74) is 2.49. The van der Waals surface area contributed by atoms with E-state index in [2.05, 4.69) is 0 Å². The molecule has 4 nitrogen and oxygen atoms in total. The van der Waals surface area contributed by atoms with Crippen molar-refractivity contribution in [2.45, 2.75) is 0 Å². The van der Waals surface area contributed by atoms with E-state index in [1.54, 1.807) is 18.2 Å². The second-order valence-electron chi connectivity index (χ2n) is 5.61. The molecule has 0 saturated carbocycles. The Bertz CT molecular complexity index is 1080. The van der Waals surface area contributed by atoms with E-state index in [0.29, 0.717) is 11.5 Å². The van der Waals surface area contributed by atoms with Crippen LogP contribution in [0.3, 0.4) is 0 Å². The van der Waals surface area contributed by atoms with Gasteiger partial charge >= 0.3 is 0 Å². The van der Waals surface area contributed by atoms with Crippen LogP contribution in [0.1, 0.15) is 11.1 Å². The summed E-state index contributed by atoms with van der Waals surface area (Å²) in [7, 11) is 0. The third-order valence-electron chi connectivity index (χ3n) is 3.88. The summed E-state index contributed by atoms with van der Waals surface area (Å²) >= 11 is 0. The van der Waals surface area contributed by atoms with Crippen molar-refractivity contribution in [3.8, 4) is 18.2 Å². The van der Waals surface area contributed by atoms with E-state index in [1.165, 1.54) is 6.08 Å². The first-order chi connectivity index (χ1) is 13.2. The maximum absolute atomic E-state index is 9.31. The lowest BCUT2D eigenvalue weighted by Crippen LogP contribution is -2.00. The van der Waals surface area contributed by atoms with Crippen molar-refractivity contribution in [3.05, 3.63) is 107 Å². The highest BCUT2D eigenvalue weighted by molar-refractivity contribution is 5.85. The smallest absolute Gasteiger partial charge is 0.147 e. The van der Waals surface area contributed by atoms with Crippen LogP contribution in [-0.4, -0.2) is 0 Å². The fraction of sp³-hybridized carbons (Fsp3) is 0. The predicted octanol–water partition coefficient (Wildman–Crippen LogP) is 4.89. The van der Waals surface area contributed by atoms with Crippen LogP contribution in [0.5, 0.6) is 0 Å². The Kier molecular flexibility index (Phi) is 5.29. The molecule has 0 N–H and O–H groups in total. The fourth-order valence-electron chi connectivity index (χ4n) is 2.58. The number of ether oxygens (including phenoxy) is 1. The van der Waals surface area contributed by atoms with Crippen molar-refractivity contribution in [1.82, 2.24) is 0 Å². The molecule has 0 atom stereocenters. The molecular formula is C23H13N3O. The minimum absolute atomic E-state index is 0.0343. The lowest BCUT2D eigenvalue weighted by atomic mass is 10.00. The van der Waals surface area contributed by atoms with E-state index in [1.807, 2.05) is 72.8 Å². The van der Waals surface area contributed by atoms with Gasteiger partial charge in [-0.25, -0.2) is 0 Å². The summed E-state index contributed by atoms with van der Waals surface area (Å²) in [5, 5.41) is 27.4. The first kappa shape index (κ1) is 17.5. The van der Waals surface area contributed by atoms with Crippen molar-refractivity contribution in [3.63, 3.8) is 0 Å². The highest BCUT2D eigenvalue weighted by Crippen LogP contribution is 2.32. The molecule has 1 aliphatic rings. The van der Waals surface area contributed by atoms with Gasteiger partial charge in [-0.3, -0.25) is 0 Å². The lowest BCUT2D eigenvalue weighted by molar-refractivity contribution is 0.398. The molecule has 1 aliphatic heterocycles. The number of hydrogen-bond donors (Lipinski definition) is 0. The molecule has 0 aliphatic carbocycles. The van der Waals surface area contributed by atoms with Crippen molar-refractivity contribution >= 4 is 11.3 Å². The van der Waals surface area contributed by atoms with Gasteiger partial charge in [-0.15, -0.1) is 0 Å². The largest absolute Gasteiger partial charge is 0.457 e. The molecule has 0 aromatic heterocycles. The minimum Gasteiger partial charge on any atom is -0.457 e. The van der Waals surface area contributed by atoms with E-state index in [9.17, 15) is 5.26 Å². The van der Waals surface area contributed by atoms with Crippen molar-refractivity contribution in [2.24, 2.45) is 0 Å². The van der Waals surface area contributed by atoms with Crippen molar-refractivity contribution in [2.75, 3.05) is 0 Å². The van der Waals surface area contributed by atoms with Gasteiger partial charge in [0.05, 0.1) is 5.57 Å². The molecule has 0 bridgehead atoms. The standard InChI is InChI=1S/C23H13N3O/c24-14-20(21(15-25)16-26)12-22-11-19(17-7-3-1-4-8-17)13-23(27-22)18-9-5-2-6-10-18/h1-13H. The molecule has 4 heteroatoms. The molecule has 1 heterocycles. The van der Waals surface area contributed by atoms with Gasteiger partial charge in [0.25, 0.3) is 0 Å². The average Bonchev–Trinajstić information content (AvgIpc) is 2.75. The summed E-state index contributed by atoms with van der Waals surface area (Å²) < 4.78 is 5.94. The molecule has 126 valence electrons. The zero-order valence-corrected chi connectivity index (χ0v) is 14.3. The maximum atomic E-state index is 9.31. The van der Waals surface area contributed by atoms with Crippen LogP contribution in [0, 0.1) is 34.0 Å². The molecule has 0 amide bonds. The Balaban J connectivity index is 2.13. The quantitative estimate of drug-likeness (QED) is 0.740.